The number of halogens is 1. The van der Waals surface area contributed by atoms with Gasteiger partial charge in [-0.3, -0.25) is 10.1 Å². The molecule has 128 valence electrons. The van der Waals surface area contributed by atoms with Gasteiger partial charge in [0.25, 0.3) is 5.91 Å². The predicted octanol–water partition coefficient (Wildman–Crippen LogP) is 3.90. The van der Waals surface area contributed by atoms with Crippen molar-refractivity contribution in [3.63, 3.8) is 0 Å². The highest BCUT2D eigenvalue weighted by Crippen LogP contribution is 2.26. The highest BCUT2D eigenvalue weighted by Gasteiger charge is 2.13. The lowest BCUT2D eigenvalue weighted by molar-refractivity contribution is 0.0977. The Morgan fingerprint density at radius 3 is 2.80 bits per heavy atom. The van der Waals surface area contributed by atoms with Crippen molar-refractivity contribution in [2.75, 3.05) is 12.4 Å². The van der Waals surface area contributed by atoms with Crippen LogP contribution in [0.25, 0.3) is 11.0 Å². The van der Waals surface area contributed by atoms with Crippen LogP contribution in [-0.2, 0) is 0 Å². The Labute approximate surface area is 162 Å². The maximum atomic E-state index is 12.4. The van der Waals surface area contributed by atoms with Crippen LogP contribution in [0, 0.1) is 6.92 Å². The minimum absolute atomic E-state index is 0.195. The number of carbonyl (C=O) groups is 1. The Kier molecular flexibility index (Phi) is 5.26. The molecule has 6 nitrogen and oxygen atoms in total. The molecule has 9 heteroatoms. The minimum Gasteiger partial charge on any atom is -0.496 e. The van der Waals surface area contributed by atoms with Crippen molar-refractivity contribution in [1.29, 1.82) is 0 Å². The number of fused-ring (bicyclic) bond motifs is 1. The summed E-state index contributed by atoms with van der Waals surface area (Å²) in [5.41, 5.74) is 3.68. The average molecular weight is 437 g/mol. The van der Waals surface area contributed by atoms with Crippen LogP contribution in [0.2, 0.25) is 0 Å². The molecule has 0 fully saturated rings. The van der Waals surface area contributed by atoms with Crippen LogP contribution in [0.15, 0.2) is 34.8 Å². The molecule has 0 bridgehead atoms. The number of nitrogens with one attached hydrogen (secondary N) is 2. The van der Waals surface area contributed by atoms with Gasteiger partial charge >= 0.3 is 0 Å². The van der Waals surface area contributed by atoms with Crippen molar-refractivity contribution in [1.82, 2.24) is 14.1 Å². The number of methoxy groups -OCH3 is 1. The fraction of sp³-hybridized carbons (Fsp3) is 0.125. The van der Waals surface area contributed by atoms with Crippen molar-refractivity contribution in [3.8, 4) is 5.75 Å². The highest BCUT2D eigenvalue weighted by molar-refractivity contribution is 9.10. The van der Waals surface area contributed by atoms with Gasteiger partial charge in [0.1, 0.15) is 16.8 Å². The van der Waals surface area contributed by atoms with E-state index in [1.807, 2.05) is 19.1 Å². The normalized spacial score (nSPS) is 10.5. The summed E-state index contributed by atoms with van der Waals surface area (Å²) in [5.74, 6) is 0.331. The SMILES string of the molecule is COc1ccc(C(=O)NC(=S)Nc2c(C)ccc3nsnc23)cc1Br. The Hall–Kier alpha value is -2.10. The third-order valence-electron chi connectivity index (χ3n) is 3.52. The van der Waals surface area contributed by atoms with E-state index in [2.05, 4.69) is 35.3 Å². The van der Waals surface area contributed by atoms with Crippen molar-refractivity contribution in [3.05, 3.63) is 45.9 Å². The van der Waals surface area contributed by atoms with E-state index in [0.29, 0.717) is 15.8 Å². The van der Waals surface area contributed by atoms with E-state index in [1.165, 1.54) is 0 Å². The first kappa shape index (κ1) is 17.7. The topological polar surface area (TPSA) is 76.1 Å². The Morgan fingerprint density at radius 2 is 2.08 bits per heavy atom. The summed E-state index contributed by atoms with van der Waals surface area (Å²) in [4.78, 5) is 12.4. The minimum atomic E-state index is -0.318. The summed E-state index contributed by atoms with van der Waals surface area (Å²) in [6.07, 6.45) is 0. The summed E-state index contributed by atoms with van der Waals surface area (Å²) in [7, 11) is 1.56. The molecule has 0 spiro atoms. The Morgan fingerprint density at radius 1 is 1.28 bits per heavy atom. The largest absolute Gasteiger partial charge is 0.496 e. The van der Waals surface area contributed by atoms with E-state index in [-0.39, 0.29) is 11.0 Å². The Balaban J connectivity index is 1.76. The summed E-state index contributed by atoms with van der Waals surface area (Å²) < 4.78 is 14.3. The molecule has 0 saturated carbocycles. The standard InChI is InChI=1S/C16H13BrN4O2S2/c1-8-3-5-11-14(21-25-20-11)13(8)18-16(24)19-15(22)9-4-6-12(23-2)10(17)7-9/h3-7H,1-2H3,(H2,18,19,22,24). The zero-order valence-corrected chi connectivity index (χ0v) is 16.5. The molecule has 3 rings (SSSR count). The van der Waals surface area contributed by atoms with Crippen LogP contribution in [-0.4, -0.2) is 26.9 Å². The van der Waals surface area contributed by atoms with Gasteiger partial charge < -0.3 is 10.1 Å². The number of aromatic nitrogens is 2. The number of thiocarbonyl (C=S) groups is 1. The zero-order chi connectivity index (χ0) is 18.0. The van der Waals surface area contributed by atoms with Gasteiger partial charge in [-0.15, -0.1) is 0 Å². The van der Waals surface area contributed by atoms with Crippen molar-refractivity contribution < 1.29 is 9.53 Å². The number of ether oxygens (including phenoxy) is 1. The van der Waals surface area contributed by atoms with Gasteiger partial charge in [-0.1, -0.05) is 6.07 Å². The molecule has 0 aliphatic rings. The first-order chi connectivity index (χ1) is 12.0. The lowest BCUT2D eigenvalue weighted by atomic mass is 10.1. The van der Waals surface area contributed by atoms with E-state index >= 15 is 0 Å². The van der Waals surface area contributed by atoms with Crippen molar-refractivity contribution in [2.24, 2.45) is 0 Å². The second kappa shape index (κ2) is 7.42. The van der Waals surface area contributed by atoms with Gasteiger partial charge in [-0.25, -0.2) is 0 Å². The van der Waals surface area contributed by atoms with E-state index < -0.39 is 0 Å². The van der Waals surface area contributed by atoms with Gasteiger partial charge in [0.05, 0.1) is 29.0 Å². The van der Waals surface area contributed by atoms with Crippen LogP contribution >= 0.6 is 39.9 Å². The molecule has 1 amide bonds. The van der Waals surface area contributed by atoms with Crippen LogP contribution < -0.4 is 15.4 Å². The van der Waals surface area contributed by atoms with E-state index in [1.54, 1.807) is 25.3 Å². The fourth-order valence-corrected chi connectivity index (χ4v) is 3.52. The first-order valence-electron chi connectivity index (χ1n) is 7.17. The van der Waals surface area contributed by atoms with Gasteiger partial charge in [0, 0.05) is 5.56 Å². The molecule has 1 heterocycles. The number of anilines is 1. The molecule has 0 atom stereocenters. The van der Waals surface area contributed by atoms with Gasteiger partial charge in [0.2, 0.25) is 0 Å². The molecule has 0 unspecified atom stereocenters. The maximum Gasteiger partial charge on any atom is 0.257 e. The van der Waals surface area contributed by atoms with Crippen molar-refractivity contribution in [2.45, 2.75) is 6.92 Å². The molecule has 0 saturated heterocycles. The number of hydrogen-bond donors (Lipinski definition) is 2. The summed E-state index contributed by atoms with van der Waals surface area (Å²) >= 11 is 9.76. The molecule has 3 aromatic rings. The van der Waals surface area contributed by atoms with Gasteiger partial charge in [0.15, 0.2) is 5.11 Å². The molecule has 2 N–H and O–H groups in total. The van der Waals surface area contributed by atoms with E-state index in [0.717, 1.165) is 34.0 Å². The summed E-state index contributed by atoms with van der Waals surface area (Å²) in [6.45, 7) is 1.94. The first-order valence-corrected chi connectivity index (χ1v) is 9.10. The van der Waals surface area contributed by atoms with Gasteiger partial charge in [-0.05, 0) is 64.9 Å². The number of amides is 1. The third-order valence-corrected chi connectivity index (χ3v) is 4.88. The highest BCUT2D eigenvalue weighted by atomic mass is 79.9. The quantitative estimate of drug-likeness (QED) is 0.606. The average Bonchev–Trinajstić information content (AvgIpc) is 3.06. The maximum absolute atomic E-state index is 12.4. The number of nitrogens with zero attached hydrogens (tertiary/aromatic N) is 2. The number of carbonyl (C=O) groups excluding carboxylic acids is 1. The Bertz CT molecular complexity index is 974. The smallest absolute Gasteiger partial charge is 0.257 e. The third kappa shape index (κ3) is 3.78. The zero-order valence-electron chi connectivity index (χ0n) is 13.3. The molecular weight excluding hydrogens is 424 g/mol. The number of rotatable bonds is 3. The predicted molar refractivity (Wildman–Crippen MR) is 107 cm³/mol. The van der Waals surface area contributed by atoms with Crippen molar-refractivity contribution >= 4 is 67.6 Å². The molecule has 2 aromatic carbocycles. The van der Waals surface area contributed by atoms with Crippen LogP contribution in [0.5, 0.6) is 5.75 Å². The van der Waals surface area contributed by atoms with Crippen LogP contribution in [0.4, 0.5) is 5.69 Å². The van der Waals surface area contributed by atoms with Crippen LogP contribution in [0.1, 0.15) is 15.9 Å². The fourth-order valence-electron chi connectivity index (χ4n) is 2.24. The van der Waals surface area contributed by atoms with E-state index in [9.17, 15) is 4.79 Å². The van der Waals surface area contributed by atoms with Gasteiger partial charge in [-0.2, -0.15) is 8.75 Å². The molecule has 1 aromatic heterocycles. The summed E-state index contributed by atoms with van der Waals surface area (Å²) in [6, 6.07) is 8.87. The second-order valence-electron chi connectivity index (χ2n) is 5.15. The molecule has 0 aliphatic heterocycles. The monoisotopic (exact) mass is 436 g/mol. The van der Waals surface area contributed by atoms with E-state index in [4.69, 9.17) is 17.0 Å². The molecular formula is C16H13BrN4O2S2. The molecule has 0 aliphatic carbocycles. The number of hydrogen-bond acceptors (Lipinski definition) is 6. The number of benzene rings is 2. The second-order valence-corrected chi connectivity index (χ2v) is 6.94. The molecule has 0 radical (unpaired) electrons. The molecule has 25 heavy (non-hydrogen) atoms. The lowest BCUT2D eigenvalue weighted by Gasteiger charge is -2.12. The lowest BCUT2D eigenvalue weighted by Crippen LogP contribution is -2.34. The van der Waals surface area contributed by atoms with Crippen LogP contribution in [0.3, 0.4) is 0 Å². The summed E-state index contributed by atoms with van der Waals surface area (Å²) in [5, 5.41) is 5.91. The number of aryl methyl sites for hydroxylation is 1.